The number of carbonyl (C=O) groups excluding carboxylic acids is 2. The molecule has 0 radical (unpaired) electrons. The molecule has 0 fully saturated rings. The Bertz CT molecular complexity index is 1080. The summed E-state index contributed by atoms with van der Waals surface area (Å²) >= 11 is 8.12. The Morgan fingerprint density at radius 3 is 2.48 bits per heavy atom. The average molecular weight is 568 g/mol. The van der Waals surface area contributed by atoms with E-state index >= 15 is 0 Å². The summed E-state index contributed by atoms with van der Waals surface area (Å²) in [6.07, 6.45) is 3.09. The molecule has 0 aliphatic carbocycles. The number of hydrogen-bond acceptors (Lipinski definition) is 6. The fourth-order valence-corrected chi connectivity index (χ4v) is 5.09. The molecule has 0 saturated heterocycles. The van der Waals surface area contributed by atoms with E-state index < -0.39 is 11.9 Å². The van der Waals surface area contributed by atoms with E-state index in [0.29, 0.717) is 37.4 Å². The number of hydrogen-bond donors (Lipinski definition) is 1. The van der Waals surface area contributed by atoms with Crippen molar-refractivity contribution in [1.29, 1.82) is 5.26 Å². The maximum absolute atomic E-state index is 12.8. The quantitative estimate of drug-likeness (QED) is 0.178. The van der Waals surface area contributed by atoms with Gasteiger partial charge in [0.05, 0.1) is 21.1 Å². The Morgan fingerprint density at radius 2 is 1.94 bits per heavy atom. The third-order valence-corrected chi connectivity index (χ3v) is 6.43. The summed E-state index contributed by atoms with van der Waals surface area (Å²) in [6, 6.07) is 5.38. The lowest BCUT2D eigenvalue weighted by molar-refractivity contribution is -0.112. The zero-order valence-corrected chi connectivity index (χ0v) is 21.2. The summed E-state index contributed by atoms with van der Waals surface area (Å²) in [5, 5.41) is 12.6. The smallest absolute Gasteiger partial charge is 0.341 e. The first-order valence-electron chi connectivity index (χ1n) is 9.16. The van der Waals surface area contributed by atoms with Gasteiger partial charge in [0.25, 0.3) is 5.91 Å². The molecule has 1 aromatic carbocycles. The van der Waals surface area contributed by atoms with Crippen molar-refractivity contribution in [2.75, 3.05) is 18.5 Å². The molecule has 9 heteroatoms. The highest BCUT2D eigenvalue weighted by atomic mass is 79.9. The lowest BCUT2D eigenvalue weighted by Gasteiger charge is -2.10. The number of aryl methyl sites for hydroxylation is 1. The second-order valence-corrected chi connectivity index (χ2v) is 9.18. The lowest BCUT2D eigenvalue weighted by atomic mass is 10.1. The van der Waals surface area contributed by atoms with Crippen molar-refractivity contribution >= 4 is 66.2 Å². The summed E-state index contributed by atoms with van der Waals surface area (Å²) in [5.41, 5.74) is 1.55. The molecule has 0 saturated carbocycles. The van der Waals surface area contributed by atoms with Gasteiger partial charge in [-0.3, -0.25) is 4.79 Å². The second kappa shape index (κ2) is 11.3. The predicted octanol–water partition coefficient (Wildman–Crippen LogP) is 6.18. The van der Waals surface area contributed by atoms with Gasteiger partial charge in [-0.1, -0.05) is 12.7 Å². The maximum Gasteiger partial charge on any atom is 0.341 e. The molecule has 0 aliphatic heterocycles. The van der Waals surface area contributed by atoms with Crippen molar-refractivity contribution in [2.24, 2.45) is 0 Å². The molecule has 0 aliphatic rings. The number of esters is 1. The minimum Gasteiger partial charge on any atom is -0.487 e. The number of carbonyl (C=O) groups is 2. The van der Waals surface area contributed by atoms with Crippen LogP contribution in [0, 0.1) is 25.2 Å². The van der Waals surface area contributed by atoms with Crippen molar-refractivity contribution in [3.8, 4) is 11.8 Å². The van der Waals surface area contributed by atoms with Crippen molar-refractivity contribution in [3.05, 3.63) is 60.9 Å². The standard InChI is InChI=1S/C22H20Br2N2O4S/c1-5-7-30-19-16(23)9-14(10-17(19)24)8-15(11-25)20(27)26-21-18(22(28)29-6-2)12(3)13(4)31-21/h5,8-10H,1,6-7H2,2-4H3,(H,26,27). The summed E-state index contributed by atoms with van der Waals surface area (Å²) in [5.74, 6) is -0.540. The number of thiophene rings is 1. The zero-order valence-electron chi connectivity index (χ0n) is 17.2. The van der Waals surface area contributed by atoms with Crippen LogP contribution in [0.4, 0.5) is 5.00 Å². The van der Waals surface area contributed by atoms with Gasteiger partial charge in [0.2, 0.25) is 0 Å². The molecule has 0 bridgehead atoms. The number of amides is 1. The average Bonchev–Trinajstić information content (AvgIpc) is 2.98. The first-order chi connectivity index (χ1) is 14.7. The monoisotopic (exact) mass is 566 g/mol. The van der Waals surface area contributed by atoms with Gasteiger partial charge in [-0.05, 0) is 82.0 Å². The minimum atomic E-state index is -0.617. The van der Waals surface area contributed by atoms with Gasteiger partial charge in [-0.15, -0.1) is 11.3 Å². The predicted molar refractivity (Wildman–Crippen MR) is 130 cm³/mol. The Balaban J connectivity index is 2.34. The van der Waals surface area contributed by atoms with Crippen LogP contribution in [0.15, 0.2) is 39.3 Å². The molecule has 1 N–H and O–H groups in total. The van der Waals surface area contributed by atoms with Gasteiger partial charge in [0.1, 0.15) is 29.0 Å². The van der Waals surface area contributed by atoms with E-state index in [0.717, 1.165) is 10.4 Å². The fraction of sp³-hybridized carbons (Fsp3) is 0.227. The lowest BCUT2D eigenvalue weighted by Crippen LogP contribution is -2.16. The highest BCUT2D eigenvalue weighted by molar-refractivity contribution is 9.11. The Hall–Kier alpha value is -2.41. The van der Waals surface area contributed by atoms with E-state index in [1.54, 1.807) is 32.1 Å². The highest BCUT2D eigenvalue weighted by Crippen LogP contribution is 2.36. The van der Waals surface area contributed by atoms with Crippen LogP contribution in [-0.2, 0) is 9.53 Å². The minimum absolute atomic E-state index is 0.114. The van der Waals surface area contributed by atoms with E-state index in [1.165, 1.54) is 17.4 Å². The van der Waals surface area contributed by atoms with Crippen molar-refractivity contribution in [2.45, 2.75) is 20.8 Å². The van der Waals surface area contributed by atoms with Crippen LogP contribution >= 0.6 is 43.2 Å². The molecule has 2 rings (SSSR count). The maximum atomic E-state index is 12.8. The van der Waals surface area contributed by atoms with Crippen LogP contribution in [0.1, 0.15) is 33.3 Å². The molecule has 1 aromatic heterocycles. The number of ether oxygens (including phenoxy) is 2. The van der Waals surface area contributed by atoms with E-state index in [4.69, 9.17) is 9.47 Å². The first kappa shape index (κ1) is 24.9. The second-order valence-electron chi connectivity index (χ2n) is 6.25. The molecular weight excluding hydrogens is 548 g/mol. The molecule has 0 unspecified atom stereocenters. The Morgan fingerprint density at radius 1 is 1.29 bits per heavy atom. The SMILES string of the molecule is C=CCOc1c(Br)cc(C=C(C#N)C(=O)Nc2sc(C)c(C)c2C(=O)OCC)cc1Br. The van der Waals surface area contributed by atoms with Crippen LogP contribution < -0.4 is 10.1 Å². The molecule has 6 nitrogen and oxygen atoms in total. The van der Waals surface area contributed by atoms with Crippen molar-refractivity contribution < 1.29 is 19.1 Å². The number of nitrogens with zero attached hydrogens (tertiary/aromatic N) is 1. The van der Waals surface area contributed by atoms with Gasteiger partial charge in [-0.2, -0.15) is 5.26 Å². The summed E-state index contributed by atoms with van der Waals surface area (Å²) < 4.78 is 12.0. The van der Waals surface area contributed by atoms with E-state index in [1.807, 2.05) is 13.0 Å². The summed E-state index contributed by atoms with van der Waals surface area (Å²) in [4.78, 5) is 26.0. The number of nitrogens with one attached hydrogen (secondary N) is 1. The zero-order chi connectivity index (χ0) is 23.1. The normalized spacial score (nSPS) is 10.9. The van der Waals surface area contributed by atoms with Gasteiger partial charge >= 0.3 is 5.97 Å². The topological polar surface area (TPSA) is 88.4 Å². The fourth-order valence-electron chi connectivity index (χ4n) is 2.59. The molecule has 2 aromatic rings. The van der Waals surface area contributed by atoms with Crippen LogP contribution in [0.3, 0.4) is 0 Å². The highest BCUT2D eigenvalue weighted by Gasteiger charge is 2.23. The van der Waals surface area contributed by atoms with Crippen molar-refractivity contribution in [3.63, 3.8) is 0 Å². The van der Waals surface area contributed by atoms with E-state index in [9.17, 15) is 14.9 Å². The van der Waals surface area contributed by atoms with E-state index in [-0.39, 0.29) is 12.2 Å². The Labute approximate surface area is 201 Å². The molecule has 0 atom stereocenters. The van der Waals surface area contributed by atoms with Gasteiger partial charge < -0.3 is 14.8 Å². The number of rotatable bonds is 8. The number of nitriles is 1. The van der Waals surface area contributed by atoms with Crippen LogP contribution in [-0.4, -0.2) is 25.1 Å². The summed E-state index contributed by atoms with van der Waals surface area (Å²) in [7, 11) is 0. The third-order valence-electron chi connectivity index (χ3n) is 4.13. The van der Waals surface area contributed by atoms with Gasteiger partial charge in [-0.25, -0.2) is 4.79 Å². The number of benzene rings is 1. The Kier molecular flexibility index (Phi) is 9.04. The molecule has 0 spiro atoms. The first-order valence-corrected chi connectivity index (χ1v) is 11.6. The largest absolute Gasteiger partial charge is 0.487 e. The summed E-state index contributed by atoms with van der Waals surface area (Å²) in [6.45, 7) is 9.53. The van der Waals surface area contributed by atoms with Crippen LogP contribution in [0.25, 0.3) is 6.08 Å². The van der Waals surface area contributed by atoms with Crippen LogP contribution in [0.2, 0.25) is 0 Å². The molecule has 162 valence electrons. The van der Waals surface area contributed by atoms with Gasteiger partial charge in [0.15, 0.2) is 0 Å². The number of anilines is 1. The number of halogens is 2. The molecular formula is C22H20Br2N2O4S. The van der Waals surface area contributed by atoms with Gasteiger partial charge in [0, 0.05) is 4.88 Å². The van der Waals surface area contributed by atoms with Crippen LogP contribution in [0.5, 0.6) is 5.75 Å². The molecule has 1 amide bonds. The molecule has 1 heterocycles. The third kappa shape index (κ3) is 6.06. The molecule has 31 heavy (non-hydrogen) atoms. The van der Waals surface area contributed by atoms with Crippen molar-refractivity contribution in [1.82, 2.24) is 0 Å². The van der Waals surface area contributed by atoms with E-state index in [2.05, 4.69) is 43.8 Å².